The van der Waals surface area contributed by atoms with E-state index in [9.17, 15) is 4.79 Å². The first-order valence-electron chi connectivity index (χ1n) is 11.1. The van der Waals surface area contributed by atoms with Crippen molar-refractivity contribution in [2.45, 2.75) is 25.9 Å². The Labute approximate surface area is 183 Å². The number of H-pyrrole nitrogens is 1. The van der Waals surface area contributed by atoms with Gasteiger partial charge in [-0.3, -0.25) is 9.69 Å². The summed E-state index contributed by atoms with van der Waals surface area (Å²) in [7, 11) is 1.70. The third kappa shape index (κ3) is 3.88. The van der Waals surface area contributed by atoms with Crippen LogP contribution in [0.25, 0.3) is 10.9 Å². The number of hydrogen-bond donors (Lipinski definition) is 1. The number of hydrogen-bond acceptors (Lipinski definition) is 4. The average molecular weight is 419 g/mol. The second kappa shape index (κ2) is 8.27. The van der Waals surface area contributed by atoms with Crippen molar-refractivity contribution < 1.29 is 9.53 Å². The van der Waals surface area contributed by atoms with Crippen LogP contribution in [0.15, 0.2) is 48.5 Å². The summed E-state index contributed by atoms with van der Waals surface area (Å²) >= 11 is 0. The number of methoxy groups -OCH3 is 1. The molecular formula is C25H30N4O2. The van der Waals surface area contributed by atoms with E-state index in [1.54, 1.807) is 7.11 Å². The average Bonchev–Trinajstić information content (AvgIpc) is 3.17. The Bertz CT molecular complexity index is 1090. The van der Waals surface area contributed by atoms with E-state index < -0.39 is 0 Å². The molecule has 0 spiro atoms. The molecule has 6 nitrogen and oxygen atoms in total. The smallest absolute Gasteiger partial charge is 0.237 e. The summed E-state index contributed by atoms with van der Waals surface area (Å²) in [6.07, 6.45) is 0.899. The van der Waals surface area contributed by atoms with Crippen LogP contribution in [0.4, 0.5) is 5.69 Å². The molecule has 0 radical (unpaired) electrons. The SMILES string of the molecule is COc1cccc(N2CCN(CC(=O)N3CCc4[nH]c5ccccc5c4C3)C[C@@H]2C)c1. The summed E-state index contributed by atoms with van der Waals surface area (Å²) in [6.45, 7) is 6.90. The van der Waals surface area contributed by atoms with Crippen molar-refractivity contribution in [1.82, 2.24) is 14.8 Å². The number of aromatic nitrogens is 1. The van der Waals surface area contributed by atoms with E-state index in [-0.39, 0.29) is 5.91 Å². The number of benzene rings is 2. The summed E-state index contributed by atoms with van der Waals surface area (Å²) < 4.78 is 5.38. The monoisotopic (exact) mass is 418 g/mol. The van der Waals surface area contributed by atoms with Crippen LogP contribution in [0.3, 0.4) is 0 Å². The van der Waals surface area contributed by atoms with Gasteiger partial charge in [-0.1, -0.05) is 24.3 Å². The van der Waals surface area contributed by atoms with Gasteiger partial charge in [-0.2, -0.15) is 0 Å². The van der Waals surface area contributed by atoms with Gasteiger partial charge in [-0.05, 0) is 25.1 Å². The molecule has 0 saturated carbocycles. The molecule has 3 heterocycles. The number of carbonyl (C=O) groups excluding carboxylic acids is 1. The molecule has 1 atom stereocenters. The number of carbonyl (C=O) groups is 1. The summed E-state index contributed by atoms with van der Waals surface area (Å²) in [5.74, 6) is 1.11. The number of ether oxygens (including phenoxy) is 1. The quantitative estimate of drug-likeness (QED) is 0.707. The first-order valence-corrected chi connectivity index (χ1v) is 11.1. The number of anilines is 1. The lowest BCUT2D eigenvalue weighted by Gasteiger charge is -2.41. The Morgan fingerprint density at radius 2 is 2.00 bits per heavy atom. The van der Waals surface area contributed by atoms with Gasteiger partial charge in [0.15, 0.2) is 0 Å². The number of piperazine rings is 1. The second-order valence-corrected chi connectivity index (χ2v) is 8.67. The van der Waals surface area contributed by atoms with Crippen molar-refractivity contribution in [3.63, 3.8) is 0 Å². The van der Waals surface area contributed by atoms with Gasteiger partial charge in [0.2, 0.25) is 5.91 Å². The molecule has 0 unspecified atom stereocenters. The fourth-order valence-corrected chi connectivity index (χ4v) is 5.02. The van der Waals surface area contributed by atoms with E-state index >= 15 is 0 Å². The van der Waals surface area contributed by atoms with E-state index in [4.69, 9.17) is 4.74 Å². The minimum Gasteiger partial charge on any atom is -0.497 e. The van der Waals surface area contributed by atoms with Crippen LogP contribution >= 0.6 is 0 Å². The Balaban J connectivity index is 1.22. The zero-order valence-corrected chi connectivity index (χ0v) is 18.3. The summed E-state index contributed by atoms with van der Waals surface area (Å²) in [5, 5.41) is 1.25. The van der Waals surface area contributed by atoms with E-state index in [0.29, 0.717) is 19.1 Å². The van der Waals surface area contributed by atoms with Gasteiger partial charge in [0.1, 0.15) is 5.75 Å². The number of rotatable bonds is 4. The molecule has 1 N–H and O–H groups in total. The molecule has 1 fully saturated rings. The third-order valence-corrected chi connectivity index (χ3v) is 6.69. The Hall–Kier alpha value is -2.99. The van der Waals surface area contributed by atoms with Crippen molar-refractivity contribution in [1.29, 1.82) is 0 Å². The highest BCUT2D eigenvalue weighted by molar-refractivity contribution is 5.86. The first kappa shape index (κ1) is 19.9. The number of nitrogens with zero attached hydrogens (tertiary/aromatic N) is 3. The Morgan fingerprint density at radius 3 is 2.84 bits per heavy atom. The molecule has 5 rings (SSSR count). The van der Waals surface area contributed by atoms with Crippen molar-refractivity contribution in [3.05, 3.63) is 59.8 Å². The zero-order chi connectivity index (χ0) is 21.4. The highest BCUT2D eigenvalue weighted by atomic mass is 16.5. The van der Waals surface area contributed by atoms with Gasteiger partial charge in [0.25, 0.3) is 0 Å². The predicted octanol–water partition coefficient (Wildman–Crippen LogP) is 3.27. The maximum absolute atomic E-state index is 13.1. The van der Waals surface area contributed by atoms with E-state index in [2.05, 4.69) is 58.1 Å². The maximum Gasteiger partial charge on any atom is 0.237 e. The van der Waals surface area contributed by atoms with Gasteiger partial charge >= 0.3 is 0 Å². The molecule has 0 aliphatic carbocycles. The third-order valence-electron chi connectivity index (χ3n) is 6.69. The standard InChI is InChI=1S/C25H30N4O2/c1-18-15-27(12-13-29(18)19-6-5-7-20(14-19)31-2)17-25(30)28-11-10-24-22(16-28)21-8-3-4-9-23(21)26-24/h3-9,14,18,26H,10-13,15-17H2,1-2H3/t18-/m0/s1. The molecular weight excluding hydrogens is 388 g/mol. The van der Waals surface area contributed by atoms with Crippen molar-refractivity contribution in [2.75, 3.05) is 44.7 Å². The zero-order valence-electron chi connectivity index (χ0n) is 18.3. The fourth-order valence-electron chi connectivity index (χ4n) is 5.02. The molecule has 2 aromatic carbocycles. The minimum absolute atomic E-state index is 0.234. The minimum atomic E-state index is 0.234. The van der Waals surface area contributed by atoms with Crippen LogP contribution in [-0.2, 0) is 17.8 Å². The maximum atomic E-state index is 13.1. The lowest BCUT2D eigenvalue weighted by molar-refractivity contribution is -0.133. The highest BCUT2D eigenvalue weighted by Crippen LogP contribution is 2.28. The van der Waals surface area contributed by atoms with Gasteiger partial charge in [-0.15, -0.1) is 0 Å². The Morgan fingerprint density at radius 1 is 1.13 bits per heavy atom. The van der Waals surface area contributed by atoms with Crippen molar-refractivity contribution in [2.24, 2.45) is 0 Å². The molecule has 3 aromatic rings. The van der Waals surface area contributed by atoms with Crippen molar-refractivity contribution in [3.8, 4) is 5.75 Å². The molecule has 31 heavy (non-hydrogen) atoms. The Kier molecular flexibility index (Phi) is 5.32. The van der Waals surface area contributed by atoms with Gasteiger partial charge in [0.05, 0.1) is 13.7 Å². The number of aromatic amines is 1. The number of para-hydroxylation sites is 1. The topological polar surface area (TPSA) is 51.8 Å². The van der Waals surface area contributed by atoms with Crippen molar-refractivity contribution >= 4 is 22.5 Å². The van der Waals surface area contributed by atoms with Crippen LogP contribution in [0.5, 0.6) is 5.75 Å². The number of amides is 1. The lowest BCUT2D eigenvalue weighted by atomic mass is 10.0. The molecule has 0 bridgehead atoms. The largest absolute Gasteiger partial charge is 0.497 e. The molecule has 2 aliphatic rings. The number of fused-ring (bicyclic) bond motifs is 3. The van der Waals surface area contributed by atoms with E-state index in [1.807, 2.05) is 17.0 Å². The number of nitrogens with one attached hydrogen (secondary N) is 1. The van der Waals surface area contributed by atoms with Gasteiger partial charge in [-0.25, -0.2) is 0 Å². The van der Waals surface area contributed by atoms with E-state index in [1.165, 1.54) is 27.8 Å². The predicted molar refractivity (Wildman–Crippen MR) is 124 cm³/mol. The normalized spacial score (nSPS) is 19.5. The van der Waals surface area contributed by atoms with Crippen LogP contribution in [-0.4, -0.2) is 66.6 Å². The second-order valence-electron chi connectivity index (χ2n) is 8.67. The highest BCUT2D eigenvalue weighted by Gasteiger charge is 2.29. The molecule has 1 saturated heterocycles. The molecule has 1 aromatic heterocycles. The van der Waals surface area contributed by atoms with E-state index in [0.717, 1.165) is 38.3 Å². The van der Waals surface area contributed by atoms with Gasteiger partial charge in [0, 0.05) is 79.1 Å². The first-order chi connectivity index (χ1) is 15.1. The lowest BCUT2D eigenvalue weighted by Crippen LogP contribution is -2.54. The summed E-state index contributed by atoms with van der Waals surface area (Å²) in [4.78, 5) is 23.4. The summed E-state index contributed by atoms with van der Waals surface area (Å²) in [6, 6.07) is 17.0. The van der Waals surface area contributed by atoms with Crippen LogP contribution in [0, 0.1) is 0 Å². The van der Waals surface area contributed by atoms with Crippen LogP contribution in [0.1, 0.15) is 18.2 Å². The van der Waals surface area contributed by atoms with Crippen LogP contribution < -0.4 is 9.64 Å². The molecule has 2 aliphatic heterocycles. The molecule has 162 valence electrons. The van der Waals surface area contributed by atoms with Crippen LogP contribution in [0.2, 0.25) is 0 Å². The summed E-state index contributed by atoms with van der Waals surface area (Å²) in [5.41, 5.74) is 4.92. The fraction of sp³-hybridized carbons (Fsp3) is 0.400. The molecule has 6 heteroatoms. The van der Waals surface area contributed by atoms with Gasteiger partial charge < -0.3 is 19.5 Å². The molecule has 1 amide bonds.